The van der Waals surface area contributed by atoms with Crippen LogP contribution in [0, 0.1) is 0 Å². The highest BCUT2D eigenvalue weighted by Crippen LogP contribution is 2.41. The van der Waals surface area contributed by atoms with Gasteiger partial charge in [-0.25, -0.2) is 0 Å². The Hall–Kier alpha value is -3.01. The molecule has 0 amide bonds. The van der Waals surface area contributed by atoms with Crippen LogP contribution in [-0.4, -0.2) is 44.0 Å². The highest BCUT2D eigenvalue weighted by Gasteiger charge is 2.45. The molecule has 4 rings (SSSR count). The van der Waals surface area contributed by atoms with Crippen LogP contribution < -0.4 is 31.6 Å². The van der Waals surface area contributed by atoms with Crippen LogP contribution in [0.25, 0.3) is 5.57 Å². The minimum absolute atomic E-state index is 0.632. The zero-order valence-electron chi connectivity index (χ0n) is 23.4. The molecule has 1 aliphatic rings. The average Bonchev–Trinajstić information content (AvgIpc) is 2.96. The van der Waals surface area contributed by atoms with Crippen LogP contribution in [0.5, 0.6) is 11.5 Å². The van der Waals surface area contributed by atoms with E-state index < -0.39 is 11.4 Å². The number of thioether (sulfide) groups is 1. The third-order valence-electron chi connectivity index (χ3n) is 7.15. The number of nitrogens with two attached hydrogens (primary N) is 2. The van der Waals surface area contributed by atoms with Gasteiger partial charge < -0.3 is 25.4 Å². The number of para-hydroxylation sites is 1. The second-order valence-corrected chi connectivity index (χ2v) is 10.8. The molecule has 39 heavy (non-hydrogen) atoms. The second-order valence-electron chi connectivity index (χ2n) is 9.50. The smallest absolute Gasteiger partial charge is 0.170 e. The zero-order chi connectivity index (χ0) is 27.9. The maximum Gasteiger partial charge on any atom is 0.170 e. The van der Waals surface area contributed by atoms with Crippen molar-refractivity contribution in [3.63, 3.8) is 0 Å². The summed E-state index contributed by atoms with van der Waals surface area (Å²) < 4.78 is 11.7. The first kappa shape index (κ1) is 29.0. The molecule has 0 spiro atoms. The van der Waals surface area contributed by atoms with Crippen molar-refractivity contribution >= 4 is 17.3 Å². The second kappa shape index (κ2) is 12.9. The van der Waals surface area contributed by atoms with Gasteiger partial charge in [0.2, 0.25) is 0 Å². The fraction of sp³-hybridized carbons (Fsp3) is 0.355. The average molecular weight is 548 g/mol. The third-order valence-corrected chi connectivity index (χ3v) is 8.05. The van der Waals surface area contributed by atoms with E-state index in [1.165, 1.54) is 4.90 Å². The number of hydrogen-bond donors (Lipinski definition) is 4. The largest absolute Gasteiger partial charge is 0.496 e. The highest BCUT2D eigenvalue weighted by molar-refractivity contribution is 7.99. The van der Waals surface area contributed by atoms with Gasteiger partial charge in [0.05, 0.1) is 7.11 Å². The fourth-order valence-corrected chi connectivity index (χ4v) is 5.57. The van der Waals surface area contributed by atoms with Crippen LogP contribution in [0.15, 0.2) is 83.9 Å². The highest BCUT2D eigenvalue weighted by atomic mass is 32.2. The summed E-state index contributed by atoms with van der Waals surface area (Å²) in [7, 11) is 1.65. The van der Waals surface area contributed by atoms with Crippen molar-refractivity contribution in [2.75, 3.05) is 39.1 Å². The normalized spacial score (nSPS) is 20.8. The monoisotopic (exact) mass is 547 g/mol. The number of methoxy groups -OCH3 is 1. The summed E-state index contributed by atoms with van der Waals surface area (Å²) >= 11 is 1.80. The van der Waals surface area contributed by atoms with Crippen LogP contribution in [0.4, 0.5) is 0 Å². The lowest BCUT2D eigenvalue weighted by Gasteiger charge is -2.47. The number of hydrogen-bond acceptors (Lipinski definition) is 8. The molecule has 0 fully saturated rings. The molecule has 3 aromatic carbocycles. The topological polar surface area (TPSA) is 97.8 Å². The van der Waals surface area contributed by atoms with Crippen molar-refractivity contribution < 1.29 is 9.47 Å². The molecule has 8 heteroatoms. The number of likely N-dealkylation sites (N-methyl/N-ethyl adjacent to an activating group) is 1. The molecule has 3 aromatic rings. The minimum Gasteiger partial charge on any atom is -0.496 e. The van der Waals surface area contributed by atoms with Crippen molar-refractivity contribution in [1.29, 1.82) is 0 Å². The maximum absolute atomic E-state index is 7.28. The van der Waals surface area contributed by atoms with E-state index in [1.54, 1.807) is 18.9 Å². The van der Waals surface area contributed by atoms with E-state index in [-0.39, 0.29) is 0 Å². The number of benzene rings is 3. The van der Waals surface area contributed by atoms with E-state index in [0.29, 0.717) is 12.4 Å². The van der Waals surface area contributed by atoms with Crippen LogP contribution in [0.2, 0.25) is 0 Å². The first-order valence-corrected chi connectivity index (χ1v) is 14.5. The molecule has 1 aliphatic heterocycles. The quantitative estimate of drug-likeness (QED) is 0.244. The van der Waals surface area contributed by atoms with E-state index >= 15 is 0 Å². The Kier molecular flexibility index (Phi) is 9.58. The van der Waals surface area contributed by atoms with E-state index in [0.717, 1.165) is 53.4 Å². The lowest BCUT2D eigenvalue weighted by Crippen LogP contribution is -2.71. The summed E-state index contributed by atoms with van der Waals surface area (Å²) in [4.78, 5) is 3.55. The minimum atomic E-state index is -1.15. The molecule has 0 saturated carbocycles. The Balaban J connectivity index is 1.65. The van der Waals surface area contributed by atoms with E-state index in [1.807, 2.05) is 54.7 Å². The summed E-state index contributed by atoms with van der Waals surface area (Å²) in [5, 5.41) is 6.92. The number of nitrogens with zero attached hydrogens (tertiary/aromatic N) is 1. The lowest BCUT2D eigenvalue weighted by atomic mass is 9.84. The van der Waals surface area contributed by atoms with Gasteiger partial charge in [0.15, 0.2) is 5.79 Å². The molecule has 0 aliphatic carbocycles. The summed E-state index contributed by atoms with van der Waals surface area (Å²) in [5.41, 5.74) is 16.6. The van der Waals surface area contributed by atoms with Gasteiger partial charge in [0.25, 0.3) is 0 Å². The predicted octanol–water partition coefficient (Wildman–Crippen LogP) is 4.64. The van der Waals surface area contributed by atoms with E-state index in [2.05, 4.69) is 60.6 Å². The van der Waals surface area contributed by atoms with Crippen molar-refractivity contribution in [3.8, 4) is 11.5 Å². The molecule has 7 nitrogen and oxygen atoms in total. The van der Waals surface area contributed by atoms with E-state index in [4.69, 9.17) is 20.9 Å². The van der Waals surface area contributed by atoms with Crippen LogP contribution in [0.1, 0.15) is 37.5 Å². The van der Waals surface area contributed by atoms with E-state index in [9.17, 15) is 0 Å². The molecule has 2 unspecified atom stereocenters. The molecule has 0 bridgehead atoms. The summed E-state index contributed by atoms with van der Waals surface area (Å²) in [6, 6.07) is 24.0. The van der Waals surface area contributed by atoms with Crippen molar-refractivity contribution in [1.82, 2.24) is 15.5 Å². The molecule has 208 valence electrons. The van der Waals surface area contributed by atoms with Crippen molar-refractivity contribution in [2.45, 2.75) is 37.1 Å². The third kappa shape index (κ3) is 6.42. The number of nitrogens with one attached hydrogen (secondary N) is 2. The maximum atomic E-state index is 7.28. The Labute approximate surface area is 236 Å². The van der Waals surface area contributed by atoms with Gasteiger partial charge >= 0.3 is 0 Å². The molecular weight excluding hydrogens is 506 g/mol. The molecule has 0 saturated heterocycles. The first-order valence-electron chi connectivity index (χ1n) is 13.5. The van der Waals surface area contributed by atoms with Crippen molar-refractivity contribution in [2.24, 2.45) is 11.5 Å². The lowest BCUT2D eigenvalue weighted by molar-refractivity contribution is 0.209. The predicted molar refractivity (Wildman–Crippen MR) is 162 cm³/mol. The molecule has 0 radical (unpaired) electrons. The summed E-state index contributed by atoms with van der Waals surface area (Å²) in [6.45, 7) is 10.0. The van der Waals surface area contributed by atoms with Crippen LogP contribution in [-0.2, 0) is 11.4 Å². The SMILES string of the molecule is CCSc1ccc(C2=CNC(N)(c3ccc(OCCN(CC)CC)cc3)NC2(N)c2ccccc2OC)cc1. The standard InChI is InChI=1S/C31H41N5O2S/c1-5-36(6-2)20-21-38-25-16-14-24(15-17-25)31(33)34-22-28(23-12-18-26(19-13-23)39-7-3)30(32,35-31)27-10-8-9-11-29(27)37-4/h8-19,22,34-35H,5-7,20-21,32-33H2,1-4H3. The zero-order valence-corrected chi connectivity index (χ0v) is 24.2. The molecule has 2 atom stereocenters. The molecular formula is C31H41N5O2S. The molecule has 6 N–H and O–H groups in total. The fourth-order valence-electron chi connectivity index (χ4n) is 4.91. The summed E-state index contributed by atoms with van der Waals surface area (Å²) in [5.74, 6) is 1.35. The number of rotatable bonds is 12. The van der Waals surface area contributed by atoms with Gasteiger partial charge in [0, 0.05) is 34.3 Å². The Morgan fingerprint density at radius 1 is 0.897 bits per heavy atom. The van der Waals surface area contributed by atoms with Gasteiger partial charge in [-0.3, -0.25) is 11.1 Å². The molecule has 1 heterocycles. The van der Waals surface area contributed by atoms with Gasteiger partial charge in [-0.1, -0.05) is 63.2 Å². The Morgan fingerprint density at radius 3 is 2.23 bits per heavy atom. The Bertz CT molecular complexity index is 1250. The van der Waals surface area contributed by atoms with Gasteiger partial charge in [-0.05, 0) is 54.7 Å². The van der Waals surface area contributed by atoms with Crippen LogP contribution in [0.3, 0.4) is 0 Å². The van der Waals surface area contributed by atoms with Gasteiger partial charge in [0.1, 0.15) is 23.8 Å². The first-order chi connectivity index (χ1) is 18.9. The van der Waals surface area contributed by atoms with Gasteiger partial charge in [-0.2, -0.15) is 0 Å². The van der Waals surface area contributed by atoms with Gasteiger partial charge in [-0.15, -0.1) is 11.8 Å². The summed E-state index contributed by atoms with van der Waals surface area (Å²) in [6.07, 6.45) is 1.92. The van der Waals surface area contributed by atoms with Crippen molar-refractivity contribution in [3.05, 3.63) is 95.7 Å². The molecule has 0 aromatic heterocycles. The van der Waals surface area contributed by atoms with Crippen LogP contribution >= 0.6 is 11.8 Å². The Morgan fingerprint density at radius 2 is 1.59 bits per heavy atom. The number of ether oxygens (including phenoxy) is 2.